The maximum absolute atomic E-state index is 11.9. The predicted octanol–water partition coefficient (Wildman–Crippen LogP) is 3.54. The zero-order valence-corrected chi connectivity index (χ0v) is 21.1. The van der Waals surface area contributed by atoms with E-state index in [1.165, 1.54) is 4.90 Å². The number of hydrogen-bond acceptors (Lipinski definition) is 4. The number of nitrogens with zero attached hydrogens (tertiary/aromatic N) is 2. The molecule has 0 unspecified atom stereocenters. The van der Waals surface area contributed by atoms with Crippen molar-refractivity contribution in [3.05, 3.63) is 59.7 Å². The maximum Gasteiger partial charge on any atom is 0.241 e. The van der Waals surface area contributed by atoms with Crippen molar-refractivity contribution in [2.75, 3.05) is 40.0 Å². The molecule has 0 bridgehead atoms. The van der Waals surface area contributed by atoms with Gasteiger partial charge in [-0.25, -0.2) is 4.99 Å². The first-order valence-electron chi connectivity index (χ1n) is 9.52. The largest absolute Gasteiger partial charge is 0.497 e. The molecule has 164 valence electrons. The third-order valence-corrected chi connectivity index (χ3v) is 5.09. The van der Waals surface area contributed by atoms with E-state index in [4.69, 9.17) is 4.74 Å². The number of carbonyl (C=O) groups excluding carboxylic acids is 1. The maximum atomic E-state index is 11.9. The summed E-state index contributed by atoms with van der Waals surface area (Å²) in [5.41, 5.74) is 2.18. The molecule has 0 aromatic heterocycles. The van der Waals surface area contributed by atoms with Gasteiger partial charge < -0.3 is 20.3 Å². The highest BCUT2D eigenvalue weighted by Crippen LogP contribution is 2.17. The summed E-state index contributed by atoms with van der Waals surface area (Å²) < 4.78 is 5.34. The minimum Gasteiger partial charge on any atom is -0.497 e. The SMILES string of the molecule is COc1cc(C)cc(CN=C(NCCSc2ccccc2)NCC(=O)N(C)C)c1.I. The zero-order valence-electron chi connectivity index (χ0n) is 18.0. The van der Waals surface area contributed by atoms with E-state index in [9.17, 15) is 4.79 Å². The Bertz CT molecular complexity index is 816. The number of aryl methyl sites for hydroxylation is 1. The molecule has 30 heavy (non-hydrogen) atoms. The molecular formula is C22H31IN4O2S. The van der Waals surface area contributed by atoms with Crippen molar-refractivity contribution in [1.29, 1.82) is 0 Å². The van der Waals surface area contributed by atoms with Gasteiger partial charge in [0.2, 0.25) is 5.91 Å². The monoisotopic (exact) mass is 542 g/mol. The van der Waals surface area contributed by atoms with E-state index < -0.39 is 0 Å². The number of ether oxygens (including phenoxy) is 1. The number of methoxy groups -OCH3 is 1. The van der Waals surface area contributed by atoms with Crippen LogP contribution in [0.1, 0.15) is 11.1 Å². The second kappa shape index (κ2) is 14.1. The predicted molar refractivity (Wildman–Crippen MR) is 136 cm³/mol. The molecule has 0 aliphatic carbocycles. The van der Waals surface area contributed by atoms with Crippen molar-refractivity contribution in [2.24, 2.45) is 4.99 Å². The molecule has 0 aliphatic heterocycles. The second-order valence-electron chi connectivity index (χ2n) is 6.75. The van der Waals surface area contributed by atoms with Crippen molar-refractivity contribution in [3.8, 4) is 5.75 Å². The number of nitrogens with one attached hydrogen (secondary N) is 2. The molecule has 0 heterocycles. The average molecular weight is 542 g/mol. The van der Waals surface area contributed by atoms with E-state index in [0.717, 1.165) is 29.2 Å². The van der Waals surface area contributed by atoms with Crippen LogP contribution in [0.3, 0.4) is 0 Å². The van der Waals surface area contributed by atoms with Gasteiger partial charge in [0.1, 0.15) is 5.75 Å². The Morgan fingerprint density at radius 2 is 1.87 bits per heavy atom. The van der Waals surface area contributed by atoms with Crippen molar-refractivity contribution in [2.45, 2.75) is 18.4 Å². The number of likely N-dealkylation sites (N-methyl/N-ethyl adjacent to an activating group) is 1. The fourth-order valence-electron chi connectivity index (χ4n) is 2.55. The Kier molecular flexibility index (Phi) is 12.3. The van der Waals surface area contributed by atoms with Gasteiger partial charge in [-0.05, 0) is 42.3 Å². The second-order valence-corrected chi connectivity index (χ2v) is 7.92. The summed E-state index contributed by atoms with van der Waals surface area (Å²) in [6.45, 7) is 3.46. The molecule has 2 aromatic carbocycles. The van der Waals surface area contributed by atoms with Gasteiger partial charge in [0, 0.05) is 31.3 Å². The third kappa shape index (κ3) is 9.71. The quantitative estimate of drug-likeness (QED) is 0.167. The van der Waals surface area contributed by atoms with E-state index in [0.29, 0.717) is 12.5 Å². The number of carbonyl (C=O) groups is 1. The molecule has 0 saturated carbocycles. The van der Waals surface area contributed by atoms with Crippen LogP contribution in [0.25, 0.3) is 0 Å². The van der Waals surface area contributed by atoms with E-state index in [1.54, 1.807) is 37.9 Å². The molecule has 0 radical (unpaired) electrons. The number of thioether (sulfide) groups is 1. The lowest BCUT2D eigenvalue weighted by atomic mass is 10.1. The summed E-state index contributed by atoms with van der Waals surface area (Å²) in [7, 11) is 5.14. The van der Waals surface area contributed by atoms with Crippen molar-refractivity contribution < 1.29 is 9.53 Å². The molecule has 0 spiro atoms. The number of halogens is 1. The van der Waals surface area contributed by atoms with Crippen molar-refractivity contribution in [1.82, 2.24) is 15.5 Å². The van der Waals surface area contributed by atoms with Crippen molar-refractivity contribution >= 4 is 47.6 Å². The van der Waals surface area contributed by atoms with Crippen LogP contribution in [0.2, 0.25) is 0 Å². The molecule has 0 saturated heterocycles. The summed E-state index contributed by atoms with van der Waals surface area (Å²) in [4.78, 5) is 19.4. The minimum atomic E-state index is -0.00427. The van der Waals surface area contributed by atoms with Crippen LogP contribution < -0.4 is 15.4 Å². The summed E-state index contributed by atoms with van der Waals surface area (Å²) in [6, 6.07) is 16.3. The van der Waals surface area contributed by atoms with Crippen LogP contribution in [-0.4, -0.2) is 56.8 Å². The van der Waals surface area contributed by atoms with E-state index in [1.807, 2.05) is 37.3 Å². The van der Waals surface area contributed by atoms with Crippen molar-refractivity contribution in [3.63, 3.8) is 0 Å². The molecular weight excluding hydrogens is 511 g/mol. The molecule has 0 aliphatic rings. The highest BCUT2D eigenvalue weighted by atomic mass is 127. The van der Waals surface area contributed by atoms with Crippen LogP contribution in [0, 0.1) is 6.92 Å². The number of rotatable bonds is 9. The van der Waals surface area contributed by atoms with E-state index >= 15 is 0 Å². The van der Waals surface area contributed by atoms with Crippen LogP contribution in [0.5, 0.6) is 5.75 Å². The lowest BCUT2D eigenvalue weighted by Gasteiger charge is -2.15. The van der Waals surface area contributed by atoms with Gasteiger partial charge in [-0.3, -0.25) is 4.79 Å². The third-order valence-electron chi connectivity index (χ3n) is 4.08. The summed E-state index contributed by atoms with van der Waals surface area (Å²) >= 11 is 1.78. The zero-order chi connectivity index (χ0) is 21.1. The number of aliphatic imine (C=N–C) groups is 1. The van der Waals surface area contributed by atoms with Gasteiger partial charge in [-0.2, -0.15) is 0 Å². The Morgan fingerprint density at radius 1 is 1.13 bits per heavy atom. The molecule has 2 N–H and O–H groups in total. The van der Waals surface area contributed by atoms with Gasteiger partial charge in [0.25, 0.3) is 0 Å². The Morgan fingerprint density at radius 3 is 2.53 bits per heavy atom. The van der Waals surface area contributed by atoms with Crippen LogP contribution in [0.15, 0.2) is 58.4 Å². The van der Waals surface area contributed by atoms with Gasteiger partial charge in [-0.15, -0.1) is 35.7 Å². The van der Waals surface area contributed by atoms with E-state index in [2.05, 4.69) is 33.8 Å². The highest BCUT2D eigenvalue weighted by molar-refractivity contribution is 14.0. The molecule has 1 amide bonds. The van der Waals surface area contributed by atoms with Crippen LogP contribution in [-0.2, 0) is 11.3 Å². The first-order valence-corrected chi connectivity index (χ1v) is 10.5. The smallest absolute Gasteiger partial charge is 0.241 e. The summed E-state index contributed by atoms with van der Waals surface area (Å²) in [5, 5.41) is 6.43. The van der Waals surface area contributed by atoms with E-state index in [-0.39, 0.29) is 36.4 Å². The number of amides is 1. The van der Waals surface area contributed by atoms with Gasteiger partial charge >= 0.3 is 0 Å². The molecule has 0 atom stereocenters. The lowest BCUT2D eigenvalue weighted by molar-refractivity contribution is -0.127. The Hall–Kier alpha value is -1.94. The normalized spacial score (nSPS) is 10.7. The summed E-state index contributed by atoms with van der Waals surface area (Å²) in [6.07, 6.45) is 0. The number of hydrogen-bond donors (Lipinski definition) is 2. The average Bonchev–Trinajstić information content (AvgIpc) is 2.72. The van der Waals surface area contributed by atoms with Crippen LogP contribution >= 0.6 is 35.7 Å². The highest BCUT2D eigenvalue weighted by Gasteiger charge is 2.06. The number of guanidine groups is 1. The standard InChI is InChI=1S/C22H30N4O2S.HI/c1-17-12-18(14-19(13-17)28-4)15-24-22(25-16-21(27)26(2)3)23-10-11-29-20-8-6-5-7-9-20;/h5-9,12-14H,10-11,15-16H2,1-4H3,(H2,23,24,25);1H. The first-order chi connectivity index (χ1) is 14.0. The minimum absolute atomic E-state index is 0. The Labute approximate surface area is 200 Å². The Balaban J connectivity index is 0.00000450. The molecule has 2 rings (SSSR count). The number of benzene rings is 2. The molecule has 0 fully saturated rings. The fourth-order valence-corrected chi connectivity index (χ4v) is 3.34. The fraction of sp³-hybridized carbons (Fsp3) is 0.364. The summed E-state index contributed by atoms with van der Waals surface area (Å²) in [5.74, 6) is 2.33. The van der Waals surface area contributed by atoms with Gasteiger partial charge in [-0.1, -0.05) is 24.3 Å². The van der Waals surface area contributed by atoms with Gasteiger partial charge in [0.05, 0.1) is 20.2 Å². The van der Waals surface area contributed by atoms with Gasteiger partial charge in [0.15, 0.2) is 5.96 Å². The molecule has 6 nitrogen and oxygen atoms in total. The lowest BCUT2D eigenvalue weighted by Crippen LogP contribution is -2.43. The first kappa shape index (κ1) is 26.1. The topological polar surface area (TPSA) is 66.0 Å². The molecule has 2 aromatic rings. The molecule has 8 heteroatoms. The van der Waals surface area contributed by atoms with Crippen LogP contribution in [0.4, 0.5) is 0 Å².